The highest BCUT2D eigenvalue weighted by Gasteiger charge is 2.61. The third kappa shape index (κ3) is 6.30. The van der Waals surface area contributed by atoms with Gasteiger partial charge in [-0.25, -0.2) is 13.3 Å². The number of hydrogen-bond acceptors (Lipinski definition) is 10. The lowest BCUT2D eigenvalue weighted by molar-refractivity contribution is -0.151. The molecule has 3 heterocycles. The molecule has 41 heavy (non-hydrogen) atoms. The number of alkyl halides is 2. The van der Waals surface area contributed by atoms with Crippen LogP contribution in [0, 0.1) is 5.92 Å². The van der Waals surface area contributed by atoms with E-state index >= 15 is 4.39 Å². The van der Waals surface area contributed by atoms with Crippen molar-refractivity contribution in [2.75, 3.05) is 18.6 Å². The van der Waals surface area contributed by atoms with Crippen molar-refractivity contribution >= 4 is 30.5 Å². The van der Waals surface area contributed by atoms with Gasteiger partial charge in [-0.2, -0.15) is 4.98 Å². The van der Waals surface area contributed by atoms with Gasteiger partial charge in [0.1, 0.15) is 24.6 Å². The Morgan fingerprint density at radius 1 is 1.27 bits per heavy atom. The summed E-state index contributed by atoms with van der Waals surface area (Å²) in [6, 6.07) is 9.37. The molecule has 0 spiro atoms. The number of para-hydroxylation sites is 1. The molecule has 7 atom stereocenters. The average molecular weight is 599 g/mol. The van der Waals surface area contributed by atoms with E-state index in [-0.39, 0.29) is 22.7 Å². The predicted molar refractivity (Wildman–Crippen MR) is 145 cm³/mol. The Kier molecular flexibility index (Phi) is 8.88. The van der Waals surface area contributed by atoms with Crippen molar-refractivity contribution < 1.29 is 41.8 Å². The highest BCUT2D eigenvalue weighted by atomic mass is 31.2. The van der Waals surface area contributed by atoms with Gasteiger partial charge in [-0.3, -0.25) is 19.1 Å². The Hall–Kier alpha value is -3.32. The maximum absolute atomic E-state index is 16.1. The second kappa shape index (κ2) is 11.9. The summed E-state index contributed by atoms with van der Waals surface area (Å²) in [6.07, 6.45) is -6.35. The van der Waals surface area contributed by atoms with Crippen molar-refractivity contribution in [3.8, 4) is 5.75 Å². The number of nitrogens with one attached hydrogen (secondary N) is 1. The number of ether oxygens (including phenoxy) is 2. The molecule has 0 saturated carbocycles. The fourth-order valence-electron chi connectivity index (χ4n) is 4.63. The van der Waals surface area contributed by atoms with Crippen LogP contribution in [0.1, 0.15) is 33.9 Å². The van der Waals surface area contributed by atoms with Crippen LogP contribution in [0.3, 0.4) is 0 Å². The van der Waals surface area contributed by atoms with Crippen LogP contribution in [0.25, 0.3) is 11.0 Å². The molecular formula is C26H33F2N4O8P. The Labute approximate surface area is 234 Å². The number of nitrogens with zero attached hydrogens (tertiary/aromatic N) is 2. The van der Waals surface area contributed by atoms with E-state index < -0.39 is 74.2 Å². The number of halogens is 2. The number of fused-ring (bicyclic) bond motifs is 1. The highest BCUT2D eigenvalue weighted by molar-refractivity contribution is 7.54. The van der Waals surface area contributed by atoms with Crippen molar-refractivity contribution in [1.82, 2.24) is 14.5 Å². The molecule has 1 fully saturated rings. The number of anilines is 1. The Balaban J connectivity index is 1.63. The summed E-state index contributed by atoms with van der Waals surface area (Å²) in [5, 5.41) is 11.0. The molecule has 0 aliphatic carbocycles. The zero-order valence-electron chi connectivity index (χ0n) is 22.9. The topological polar surface area (TPSA) is 168 Å². The molecule has 3 aromatic rings. The number of nitrogens with two attached hydrogens (primary N) is 1. The molecule has 1 aromatic carbocycles. The number of H-pyrrole nitrogens is 1. The van der Waals surface area contributed by atoms with Gasteiger partial charge in [0.25, 0.3) is 5.56 Å². The van der Waals surface area contributed by atoms with E-state index in [1.165, 1.54) is 38.2 Å². The molecule has 2 unspecified atom stereocenters. The predicted octanol–water partition coefficient (Wildman–Crippen LogP) is 3.51. The average Bonchev–Trinajstić information content (AvgIpc) is 3.42. The summed E-state index contributed by atoms with van der Waals surface area (Å²) < 4.78 is 67.9. The van der Waals surface area contributed by atoms with Crippen LogP contribution >= 0.6 is 7.60 Å². The molecular weight excluding hydrogens is 565 g/mol. The SMILES string of the molecule is CC(C)OC(=O)[C@H](C)CP(=O)(Oc1ccccc1)O[C@H](C)[C@H]1O[C@@H](n2ccc3c(=O)[nH]c(N)nc32)C(F)(CF)[C@H]1O. The summed E-state index contributed by atoms with van der Waals surface area (Å²) in [6.45, 7) is 4.50. The van der Waals surface area contributed by atoms with E-state index in [1.807, 2.05) is 0 Å². The van der Waals surface area contributed by atoms with Crippen molar-refractivity contribution in [2.24, 2.45) is 5.92 Å². The maximum Gasteiger partial charge on any atom is 0.380 e. The lowest BCUT2D eigenvalue weighted by Gasteiger charge is -2.29. The number of aliphatic hydroxyl groups excluding tert-OH is 1. The van der Waals surface area contributed by atoms with Gasteiger partial charge in [-0.1, -0.05) is 25.1 Å². The number of carbonyl (C=O) groups excluding carboxylic acids is 1. The van der Waals surface area contributed by atoms with E-state index in [0.717, 1.165) is 4.57 Å². The third-order valence-electron chi connectivity index (χ3n) is 6.59. The first kappa shape index (κ1) is 30.6. The van der Waals surface area contributed by atoms with Crippen molar-refractivity contribution in [2.45, 2.75) is 64.0 Å². The summed E-state index contributed by atoms with van der Waals surface area (Å²) >= 11 is 0. The minimum atomic E-state index is -4.20. The Morgan fingerprint density at radius 2 is 1.95 bits per heavy atom. The number of aromatic nitrogens is 3. The molecule has 2 aromatic heterocycles. The summed E-state index contributed by atoms with van der Waals surface area (Å²) in [7, 11) is -4.20. The van der Waals surface area contributed by atoms with Gasteiger partial charge in [0, 0.05) is 6.20 Å². The number of esters is 1. The van der Waals surface area contributed by atoms with E-state index in [0.29, 0.717) is 0 Å². The molecule has 0 amide bonds. The first-order valence-corrected chi connectivity index (χ1v) is 14.7. The second-order valence-corrected chi connectivity index (χ2v) is 12.2. The van der Waals surface area contributed by atoms with Gasteiger partial charge in [-0.15, -0.1) is 0 Å². The van der Waals surface area contributed by atoms with Crippen LogP contribution in [0.4, 0.5) is 14.7 Å². The van der Waals surface area contributed by atoms with Gasteiger partial charge in [0.2, 0.25) is 11.6 Å². The molecule has 15 heteroatoms. The molecule has 0 bridgehead atoms. The monoisotopic (exact) mass is 598 g/mol. The van der Waals surface area contributed by atoms with E-state index in [4.69, 9.17) is 24.3 Å². The van der Waals surface area contributed by atoms with Crippen molar-refractivity contribution in [3.05, 3.63) is 52.9 Å². The van der Waals surface area contributed by atoms with Gasteiger partial charge < -0.3 is 29.4 Å². The quantitative estimate of drug-likeness (QED) is 0.219. The fourth-order valence-corrected chi connectivity index (χ4v) is 6.72. The second-order valence-electron chi connectivity index (χ2n) is 10.3. The molecule has 1 saturated heterocycles. The van der Waals surface area contributed by atoms with Gasteiger partial charge >= 0.3 is 13.6 Å². The maximum atomic E-state index is 16.1. The van der Waals surface area contributed by atoms with E-state index in [9.17, 15) is 23.7 Å². The Bertz CT molecular complexity index is 1490. The molecule has 1 aliphatic heterocycles. The largest absolute Gasteiger partial charge is 0.463 e. The zero-order valence-corrected chi connectivity index (χ0v) is 23.8. The molecule has 0 radical (unpaired) electrons. The minimum Gasteiger partial charge on any atom is -0.463 e. The molecule has 4 rings (SSSR count). The number of aromatic amines is 1. The molecule has 224 valence electrons. The smallest absolute Gasteiger partial charge is 0.380 e. The number of carbonyl (C=O) groups is 1. The van der Waals surface area contributed by atoms with Gasteiger partial charge in [0.05, 0.1) is 29.7 Å². The van der Waals surface area contributed by atoms with Crippen LogP contribution in [-0.2, 0) is 23.4 Å². The zero-order chi connectivity index (χ0) is 30.1. The van der Waals surface area contributed by atoms with Crippen LogP contribution in [-0.4, -0.2) is 68.5 Å². The van der Waals surface area contributed by atoms with Crippen LogP contribution in [0.15, 0.2) is 47.4 Å². The van der Waals surface area contributed by atoms with E-state index in [2.05, 4.69) is 9.97 Å². The number of rotatable bonds is 11. The van der Waals surface area contributed by atoms with Crippen LogP contribution in [0.2, 0.25) is 0 Å². The molecule has 1 aliphatic rings. The lowest BCUT2D eigenvalue weighted by atomic mass is 9.95. The standard InChI is InChI=1S/C26H33F2N4O8P/c1-14(2)37-23(35)15(3)12-41(36,40-17-8-6-5-7-9-17)39-16(4)19-20(33)26(28,13-27)24(38-19)32-11-10-18-21(32)30-25(29)31-22(18)34/h5-11,14-16,19-20,24,33H,12-13H2,1-4H3,(H3,29,30,31,34)/t15-,16-,19-,20+,24-,26?,41?/m1/s1. The van der Waals surface area contributed by atoms with Gasteiger partial charge in [0.15, 0.2) is 11.9 Å². The fraction of sp³-hybridized carbons (Fsp3) is 0.500. The number of aliphatic hydroxyl groups is 1. The van der Waals surface area contributed by atoms with Crippen molar-refractivity contribution in [1.29, 1.82) is 0 Å². The summed E-state index contributed by atoms with van der Waals surface area (Å²) in [5.74, 6) is -1.64. The lowest BCUT2D eigenvalue weighted by Crippen LogP contribution is -2.47. The third-order valence-corrected chi connectivity index (χ3v) is 8.72. The van der Waals surface area contributed by atoms with Crippen LogP contribution < -0.4 is 15.8 Å². The summed E-state index contributed by atoms with van der Waals surface area (Å²) in [4.78, 5) is 31.0. The van der Waals surface area contributed by atoms with Crippen molar-refractivity contribution in [3.63, 3.8) is 0 Å². The minimum absolute atomic E-state index is 0.0364. The first-order chi connectivity index (χ1) is 19.3. The highest BCUT2D eigenvalue weighted by Crippen LogP contribution is 2.53. The number of benzene rings is 1. The van der Waals surface area contributed by atoms with Crippen LogP contribution in [0.5, 0.6) is 5.75 Å². The number of hydrogen-bond donors (Lipinski definition) is 3. The summed E-state index contributed by atoms with van der Waals surface area (Å²) in [5.41, 5.74) is 1.93. The van der Waals surface area contributed by atoms with Gasteiger partial charge in [-0.05, 0) is 39.0 Å². The molecule has 12 nitrogen and oxygen atoms in total. The van der Waals surface area contributed by atoms with E-state index in [1.54, 1.807) is 32.0 Å². The number of nitrogen functional groups attached to an aromatic ring is 1. The molecule has 4 N–H and O–H groups in total. The normalized spacial score (nSPS) is 25.6. The first-order valence-electron chi connectivity index (χ1n) is 13.0. The Morgan fingerprint density at radius 3 is 2.59 bits per heavy atom.